The standard InChI is InChI=1S/C14H10Cl3N5/c15-8-3-1-2-7(4-8)12-10(16)5-9(6-11(12)17)19-14-20-13(18)21-22-14/h1-6H,(H4,18,19,20,21,22). The molecular formula is C14H10Cl3N5. The first-order valence-electron chi connectivity index (χ1n) is 6.23. The van der Waals surface area contributed by atoms with Gasteiger partial charge < -0.3 is 11.1 Å². The van der Waals surface area contributed by atoms with Gasteiger partial charge in [0.1, 0.15) is 0 Å². The zero-order valence-corrected chi connectivity index (χ0v) is 13.3. The van der Waals surface area contributed by atoms with E-state index in [0.29, 0.717) is 32.3 Å². The van der Waals surface area contributed by atoms with Gasteiger partial charge in [0.15, 0.2) is 0 Å². The van der Waals surface area contributed by atoms with Gasteiger partial charge in [-0.25, -0.2) is 5.10 Å². The highest BCUT2D eigenvalue weighted by Crippen LogP contribution is 2.38. The van der Waals surface area contributed by atoms with Gasteiger partial charge in [0.05, 0.1) is 10.0 Å². The van der Waals surface area contributed by atoms with Crippen LogP contribution in [0, 0.1) is 0 Å². The third-order valence-electron chi connectivity index (χ3n) is 2.91. The number of rotatable bonds is 3. The molecule has 0 aliphatic rings. The molecular weight excluding hydrogens is 345 g/mol. The summed E-state index contributed by atoms with van der Waals surface area (Å²) in [5.74, 6) is 0.551. The number of benzene rings is 2. The quantitative estimate of drug-likeness (QED) is 0.633. The van der Waals surface area contributed by atoms with Crippen LogP contribution in [0.25, 0.3) is 11.1 Å². The molecule has 3 aromatic rings. The minimum Gasteiger partial charge on any atom is -0.368 e. The molecule has 4 N–H and O–H groups in total. The molecule has 0 saturated carbocycles. The van der Waals surface area contributed by atoms with Crippen molar-refractivity contribution in [2.24, 2.45) is 0 Å². The zero-order chi connectivity index (χ0) is 15.7. The van der Waals surface area contributed by atoms with E-state index in [2.05, 4.69) is 20.5 Å². The third-order valence-corrected chi connectivity index (χ3v) is 3.75. The average Bonchev–Trinajstić information content (AvgIpc) is 2.83. The lowest BCUT2D eigenvalue weighted by atomic mass is 10.1. The summed E-state index contributed by atoms with van der Waals surface area (Å²) < 4.78 is 0. The van der Waals surface area contributed by atoms with E-state index in [0.717, 1.165) is 5.56 Å². The molecule has 112 valence electrons. The normalized spacial score (nSPS) is 10.7. The van der Waals surface area contributed by atoms with Crippen molar-refractivity contribution in [3.05, 3.63) is 51.5 Å². The summed E-state index contributed by atoms with van der Waals surface area (Å²) in [4.78, 5) is 3.95. The summed E-state index contributed by atoms with van der Waals surface area (Å²) in [5.41, 5.74) is 7.68. The van der Waals surface area contributed by atoms with Crippen LogP contribution >= 0.6 is 34.8 Å². The number of halogens is 3. The van der Waals surface area contributed by atoms with Gasteiger partial charge in [0.2, 0.25) is 11.9 Å². The fraction of sp³-hybridized carbons (Fsp3) is 0. The van der Waals surface area contributed by atoms with E-state index in [1.807, 2.05) is 12.1 Å². The Bertz CT molecular complexity index is 808. The number of nitrogen functional groups attached to an aromatic ring is 1. The largest absolute Gasteiger partial charge is 0.368 e. The van der Waals surface area contributed by atoms with Crippen molar-refractivity contribution < 1.29 is 0 Å². The lowest BCUT2D eigenvalue weighted by Crippen LogP contribution is -1.94. The highest BCUT2D eigenvalue weighted by atomic mass is 35.5. The number of hydrogen-bond acceptors (Lipinski definition) is 4. The second-order valence-corrected chi connectivity index (χ2v) is 5.75. The summed E-state index contributed by atoms with van der Waals surface area (Å²) in [6, 6.07) is 10.8. The monoisotopic (exact) mass is 353 g/mol. The van der Waals surface area contributed by atoms with E-state index in [-0.39, 0.29) is 5.95 Å². The summed E-state index contributed by atoms with van der Waals surface area (Å²) in [7, 11) is 0. The second-order valence-electron chi connectivity index (χ2n) is 4.49. The number of nitrogens with one attached hydrogen (secondary N) is 2. The number of nitrogens with zero attached hydrogens (tertiary/aromatic N) is 2. The molecule has 0 fully saturated rings. The molecule has 0 aliphatic heterocycles. The van der Waals surface area contributed by atoms with Gasteiger partial charge in [0, 0.05) is 16.3 Å². The molecule has 0 aliphatic carbocycles. The minimum absolute atomic E-state index is 0.218. The maximum absolute atomic E-state index is 6.35. The van der Waals surface area contributed by atoms with Gasteiger partial charge >= 0.3 is 0 Å². The van der Waals surface area contributed by atoms with Crippen LogP contribution < -0.4 is 11.1 Å². The van der Waals surface area contributed by atoms with Crippen LogP contribution in [0.2, 0.25) is 15.1 Å². The van der Waals surface area contributed by atoms with E-state index in [1.165, 1.54) is 0 Å². The average molecular weight is 355 g/mol. The van der Waals surface area contributed by atoms with Gasteiger partial charge in [-0.05, 0) is 29.8 Å². The number of anilines is 3. The molecule has 0 radical (unpaired) electrons. The Labute approximate surface area is 141 Å². The Morgan fingerprint density at radius 1 is 1.05 bits per heavy atom. The number of hydrogen-bond donors (Lipinski definition) is 3. The molecule has 22 heavy (non-hydrogen) atoms. The van der Waals surface area contributed by atoms with Gasteiger partial charge in [-0.2, -0.15) is 4.98 Å². The summed E-state index contributed by atoms with van der Waals surface area (Å²) in [5, 5.41) is 11.0. The number of nitrogens with two attached hydrogens (primary N) is 1. The van der Waals surface area contributed by atoms with Crippen molar-refractivity contribution in [3.8, 4) is 11.1 Å². The zero-order valence-electron chi connectivity index (χ0n) is 11.1. The van der Waals surface area contributed by atoms with E-state index in [4.69, 9.17) is 40.5 Å². The Morgan fingerprint density at radius 3 is 2.36 bits per heavy atom. The van der Waals surface area contributed by atoms with Crippen LogP contribution in [0.5, 0.6) is 0 Å². The Kier molecular flexibility index (Phi) is 4.11. The predicted octanol–water partition coefficient (Wildman–Crippen LogP) is 4.76. The number of aromatic amines is 1. The van der Waals surface area contributed by atoms with Crippen LogP contribution in [0.3, 0.4) is 0 Å². The Balaban J connectivity index is 1.98. The first kappa shape index (κ1) is 15.0. The molecule has 3 rings (SSSR count). The maximum atomic E-state index is 6.35. The molecule has 0 saturated heterocycles. The van der Waals surface area contributed by atoms with Gasteiger partial charge in [-0.3, -0.25) is 0 Å². The van der Waals surface area contributed by atoms with Crippen molar-refractivity contribution in [2.45, 2.75) is 0 Å². The molecule has 8 heteroatoms. The summed E-state index contributed by atoms with van der Waals surface area (Å²) in [6.07, 6.45) is 0. The van der Waals surface area contributed by atoms with Crippen molar-refractivity contribution in [1.82, 2.24) is 15.2 Å². The van der Waals surface area contributed by atoms with E-state index in [9.17, 15) is 0 Å². The fourth-order valence-corrected chi connectivity index (χ4v) is 2.92. The molecule has 0 amide bonds. The highest BCUT2D eigenvalue weighted by molar-refractivity contribution is 6.40. The lowest BCUT2D eigenvalue weighted by molar-refractivity contribution is 1.10. The van der Waals surface area contributed by atoms with E-state index in [1.54, 1.807) is 24.3 Å². The summed E-state index contributed by atoms with van der Waals surface area (Å²) >= 11 is 18.7. The van der Waals surface area contributed by atoms with Gasteiger partial charge in [-0.1, -0.05) is 46.9 Å². The maximum Gasteiger partial charge on any atom is 0.248 e. The molecule has 0 spiro atoms. The van der Waals surface area contributed by atoms with Crippen molar-refractivity contribution >= 4 is 52.4 Å². The van der Waals surface area contributed by atoms with Crippen LogP contribution in [0.4, 0.5) is 17.6 Å². The van der Waals surface area contributed by atoms with Crippen LogP contribution in [0.1, 0.15) is 0 Å². The molecule has 1 heterocycles. The minimum atomic E-state index is 0.218. The highest BCUT2D eigenvalue weighted by Gasteiger charge is 2.12. The van der Waals surface area contributed by atoms with Crippen LogP contribution in [0.15, 0.2) is 36.4 Å². The van der Waals surface area contributed by atoms with E-state index < -0.39 is 0 Å². The second kappa shape index (κ2) is 6.04. The van der Waals surface area contributed by atoms with Crippen LogP contribution in [-0.2, 0) is 0 Å². The van der Waals surface area contributed by atoms with Crippen molar-refractivity contribution in [1.29, 1.82) is 0 Å². The van der Waals surface area contributed by atoms with Crippen molar-refractivity contribution in [3.63, 3.8) is 0 Å². The summed E-state index contributed by atoms with van der Waals surface area (Å²) in [6.45, 7) is 0. The Morgan fingerprint density at radius 2 is 1.77 bits per heavy atom. The van der Waals surface area contributed by atoms with Gasteiger partial charge in [0.25, 0.3) is 0 Å². The Hall–Kier alpha value is -1.95. The molecule has 0 bridgehead atoms. The molecule has 0 unspecified atom stereocenters. The molecule has 1 aromatic heterocycles. The lowest BCUT2D eigenvalue weighted by Gasteiger charge is -2.11. The SMILES string of the molecule is Nc1nc(Nc2cc(Cl)c(-c3cccc(Cl)c3)c(Cl)c2)n[nH]1. The van der Waals surface area contributed by atoms with Gasteiger partial charge in [-0.15, -0.1) is 5.10 Å². The van der Waals surface area contributed by atoms with Crippen molar-refractivity contribution in [2.75, 3.05) is 11.1 Å². The molecule has 5 nitrogen and oxygen atoms in total. The first-order valence-corrected chi connectivity index (χ1v) is 7.36. The van der Waals surface area contributed by atoms with Crippen LogP contribution in [-0.4, -0.2) is 15.2 Å². The topological polar surface area (TPSA) is 79.6 Å². The number of H-pyrrole nitrogens is 1. The third kappa shape index (κ3) is 3.11. The fourth-order valence-electron chi connectivity index (χ4n) is 2.02. The molecule has 0 atom stereocenters. The smallest absolute Gasteiger partial charge is 0.248 e. The number of aromatic nitrogens is 3. The predicted molar refractivity (Wildman–Crippen MR) is 91.0 cm³/mol. The molecule has 2 aromatic carbocycles. The first-order chi connectivity index (χ1) is 10.5. The van der Waals surface area contributed by atoms with E-state index >= 15 is 0 Å².